The molecule has 1 aromatic carbocycles. The number of carbonyl (C=O) groups is 1. The smallest absolute Gasteiger partial charge is 0.224 e. The van der Waals surface area contributed by atoms with Crippen LogP contribution >= 0.6 is 0 Å². The zero-order chi connectivity index (χ0) is 14.5. The fourth-order valence-electron chi connectivity index (χ4n) is 2.19. The number of nitrogens with zero attached hydrogens (tertiary/aromatic N) is 2. The van der Waals surface area contributed by atoms with Crippen molar-refractivity contribution in [2.24, 2.45) is 7.05 Å². The number of aromatic nitrogens is 2. The van der Waals surface area contributed by atoms with Gasteiger partial charge in [0.15, 0.2) is 0 Å². The van der Waals surface area contributed by atoms with Crippen LogP contribution in [0.5, 0.6) is 0 Å². The zero-order valence-corrected chi connectivity index (χ0v) is 12.1. The number of aryl methyl sites for hydroxylation is 1. The maximum Gasteiger partial charge on any atom is 0.224 e. The Morgan fingerprint density at radius 3 is 2.75 bits per heavy atom. The first kappa shape index (κ1) is 14.1. The monoisotopic (exact) mass is 272 g/mol. The lowest BCUT2D eigenvalue weighted by Gasteiger charge is -2.18. The van der Waals surface area contributed by atoms with Gasteiger partial charge in [0.25, 0.3) is 0 Å². The van der Waals surface area contributed by atoms with Crippen molar-refractivity contribution in [2.75, 3.05) is 12.4 Å². The minimum absolute atomic E-state index is 0.00689. The molecule has 5 nitrogen and oxygen atoms in total. The SMILES string of the molecule is CNC(=O)Cc1ccccc1NC(C)c1ccnn1C. The molecule has 1 atom stereocenters. The summed E-state index contributed by atoms with van der Waals surface area (Å²) in [5.41, 5.74) is 3.06. The van der Waals surface area contributed by atoms with Crippen LogP contribution in [0.4, 0.5) is 5.69 Å². The Bertz CT molecular complexity index is 591. The van der Waals surface area contributed by atoms with Crippen LogP contribution < -0.4 is 10.6 Å². The van der Waals surface area contributed by atoms with E-state index in [0.717, 1.165) is 16.9 Å². The highest BCUT2D eigenvalue weighted by Gasteiger charge is 2.12. The summed E-state index contributed by atoms with van der Waals surface area (Å²) < 4.78 is 1.85. The average Bonchev–Trinajstić information content (AvgIpc) is 2.87. The molecule has 0 bridgehead atoms. The van der Waals surface area contributed by atoms with E-state index in [1.165, 1.54) is 0 Å². The van der Waals surface area contributed by atoms with Gasteiger partial charge < -0.3 is 10.6 Å². The highest BCUT2D eigenvalue weighted by molar-refractivity contribution is 5.80. The lowest BCUT2D eigenvalue weighted by atomic mass is 10.1. The van der Waals surface area contributed by atoms with Crippen LogP contribution in [0.25, 0.3) is 0 Å². The number of anilines is 1. The second kappa shape index (κ2) is 6.23. The van der Waals surface area contributed by atoms with Crippen molar-refractivity contribution in [1.82, 2.24) is 15.1 Å². The number of rotatable bonds is 5. The molecule has 0 saturated heterocycles. The lowest BCUT2D eigenvalue weighted by molar-refractivity contribution is -0.119. The van der Waals surface area contributed by atoms with Gasteiger partial charge in [-0.2, -0.15) is 5.10 Å². The number of hydrogen-bond donors (Lipinski definition) is 2. The Hall–Kier alpha value is -2.30. The van der Waals surface area contributed by atoms with Crippen molar-refractivity contribution in [3.05, 3.63) is 47.8 Å². The second-order valence-corrected chi connectivity index (χ2v) is 4.75. The summed E-state index contributed by atoms with van der Waals surface area (Å²) in [6.07, 6.45) is 2.15. The molecule has 2 N–H and O–H groups in total. The Labute approximate surface area is 119 Å². The van der Waals surface area contributed by atoms with Crippen LogP contribution in [0.1, 0.15) is 24.2 Å². The molecular formula is C15H20N4O. The number of nitrogens with one attached hydrogen (secondary N) is 2. The van der Waals surface area contributed by atoms with Crippen molar-refractivity contribution < 1.29 is 4.79 Å². The molecule has 2 rings (SSSR count). The molecule has 20 heavy (non-hydrogen) atoms. The lowest BCUT2D eigenvalue weighted by Crippen LogP contribution is -2.21. The van der Waals surface area contributed by atoms with E-state index in [1.54, 1.807) is 13.2 Å². The van der Waals surface area contributed by atoms with E-state index in [4.69, 9.17) is 0 Å². The topological polar surface area (TPSA) is 59.0 Å². The third-order valence-electron chi connectivity index (χ3n) is 3.32. The van der Waals surface area contributed by atoms with E-state index in [1.807, 2.05) is 42.1 Å². The predicted molar refractivity (Wildman–Crippen MR) is 79.5 cm³/mol. The first-order valence-electron chi connectivity index (χ1n) is 6.64. The summed E-state index contributed by atoms with van der Waals surface area (Å²) in [6.45, 7) is 2.08. The van der Waals surface area contributed by atoms with Crippen LogP contribution in [-0.2, 0) is 18.3 Å². The Morgan fingerprint density at radius 2 is 2.10 bits per heavy atom. The molecule has 0 saturated carbocycles. The van der Waals surface area contributed by atoms with Crippen molar-refractivity contribution >= 4 is 11.6 Å². The number of likely N-dealkylation sites (N-methyl/N-ethyl adjacent to an activating group) is 1. The molecule has 0 spiro atoms. The standard InChI is InChI=1S/C15H20N4O/c1-11(14-8-9-17-19(14)3)18-13-7-5-4-6-12(13)10-15(20)16-2/h4-9,11,18H,10H2,1-3H3,(H,16,20). The summed E-state index contributed by atoms with van der Waals surface area (Å²) in [4.78, 5) is 11.5. The fraction of sp³-hybridized carbons (Fsp3) is 0.333. The van der Waals surface area contributed by atoms with Gasteiger partial charge >= 0.3 is 0 Å². The molecule has 1 amide bonds. The summed E-state index contributed by atoms with van der Waals surface area (Å²) in [5.74, 6) is 0.00689. The molecule has 1 unspecified atom stereocenters. The molecule has 106 valence electrons. The van der Waals surface area contributed by atoms with Crippen LogP contribution in [-0.4, -0.2) is 22.7 Å². The van der Waals surface area contributed by atoms with E-state index in [2.05, 4.69) is 22.7 Å². The minimum Gasteiger partial charge on any atom is -0.377 e. The molecule has 0 fully saturated rings. The maximum absolute atomic E-state index is 11.5. The van der Waals surface area contributed by atoms with E-state index in [0.29, 0.717) is 6.42 Å². The van der Waals surface area contributed by atoms with Crippen LogP contribution in [0.2, 0.25) is 0 Å². The number of carbonyl (C=O) groups excluding carboxylic acids is 1. The highest BCUT2D eigenvalue weighted by Crippen LogP contribution is 2.22. The number of hydrogen-bond acceptors (Lipinski definition) is 3. The third-order valence-corrected chi connectivity index (χ3v) is 3.32. The molecule has 2 aromatic rings. The quantitative estimate of drug-likeness (QED) is 0.873. The van der Waals surface area contributed by atoms with Gasteiger partial charge in [0.05, 0.1) is 18.2 Å². The van der Waals surface area contributed by atoms with Crippen molar-refractivity contribution in [3.63, 3.8) is 0 Å². The Morgan fingerprint density at radius 1 is 1.35 bits per heavy atom. The van der Waals surface area contributed by atoms with Crippen LogP contribution in [0.3, 0.4) is 0 Å². The Balaban J connectivity index is 2.17. The average molecular weight is 272 g/mol. The second-order valence-electron chi connectivity index (χ2n) is 4.75. The molecule has 5 heteroatoms. The molecule has 0 aliphatic carbocycles. The maximum atomic E-state index is 11.5. The summed E-state index contributed by atoms with van der Waals surface area (Å²) in [6, 6.07) is 9.97. The molecular weight excluding hydrogens is 252 g/mol. The van der Waals surface area contributed by atoms with Crippen molar-refractivity contribution in [2.45, 2.75) is 19.4 Å². The fourth-order valence-corrected chi connectivity index (χ4v) is 2.19. The minimum atomic E-state index is 0.00689. The van der Waals surface area contributed by atoms with Gasteiger partial charge in [-0.1, -0.05) is 18.2 Å². The third kappa shape index (κ3) is 3.17. The van der Waals surface area contributed by atoms with Crippen molar-refractivity contribution in [1.29, 1.82) is 0 Å². The largest absolute Gasteiger partial charge is 0.377 e. The van der Waals surface area contributed by atoms with E-state index < -0.39 is 0 Å². The van der Waals surface area contributed by atoms with Gasteiger partial charge in [-0.15, -0.1) is 0 Å². The Kier molecular flexibility index (Phi) is 4.40. The molecule has 0 aliphatic rings. The van der Waals surface area contributed by atoms with Crippen LogP contribution in [0, 0.1) is 0 Å². The van der Waals surface area contributed by atoms with Crippen LogP contribution in [0.15, 0.2) is 36.5 Å². The molecule has 0 aliphatic heterocycles. The molecule has 1 aromatic heterocycles. The van der Waals surface area contributed by atoms with Gasteiger partial charge in [-0.05, 0) is 24.6 Å². The van der Waals surface area contributed by atoms with E-state index in [9.17, 15) is 4.79 Å². The van der Waals surface area contributed by atoms with Gasteiger partial charge in [0.2, 0.25) is 5.91 Å². The van der Waals surface area contributed by atoms with E-state index >= 15 is 0 Å². The van der Waals surface area contributed by atoms with E-state index in [-0.39, 0.29) is 11.9 Å². The summed E-state index contributed by atoms with van der Waals surface area (Å²) in [7, 11) is 3.57. The number of benzene rings is 1. The first-order valence-corrected chi connectivity index (χ1v) is 6.64. The number of para-hydroxylation sites is 1. The van der Waals surface area contributed by atoms with Gasteiger partial charge in [0, 0.05) is 26.0 Å². The number of amides is 1. The summed E-state index contributed by atoms with van der Waals surface area (Å²) >= 11 is 0. The summed E-state index contributed by atoms with van der Waals surface area (Å²) in [5, 5.41) is 10.3. The normalized spacial score (nSPS) is 11.9. The van der Waals surface area contributed by atoms with Gasteiger partial charge in [-0.3, -0.25) is 9.48 Å². The predicted octanol–water partition coefficient (Wildman–Crippen LogP) is 1.88. The first-order chi connectivity index (χ1) is 9.61. The molecule has 0 radical (unpaired) electrons. The molecule has 1 heterocycles. The van der Waals surface area contributed by atoms with Crippen molar-refractivity contribution in [3.8, 4) is 0 Å². The van der Waals surface area contributed by atoms with Gasteiger partial charge in [0.1, 0.15) is 0 Å². The zero-order valence-electron chi connectivity index (χ0n) is 12.1. The van der Waals surface area contributed by atoms with Gasteiger partial charge in [-0.25, -0.2) is 0 Å². The highest BCUT2D eigenvalue weighted by atomic mass is 16.1.